The minimum atomic E-state index is -0.791. The summed E-state index contributed by atoms with van der Waals surface area (Å²) < 4.78 is 0. The Hall–Kier alpha value is -1.84. The third kappa shape index (κ3) is 1.16. The number of hydrogen-bond acceptors (Lipinski definition) is 2. The number of benzene rings is 1. The lowest BCUT2D eigenvalue weighted by Gasteiger charge is -2.02. The van der Waals surface area contributed by atoms with Crippen LogP contribution >= 0.6 is 0 Å². The van der Waals surface area contributed by atoms with Gasteiger partial charge in [0.25, 0.3) is 0 Å². The van der Waals surface area contributed by atoms with E-state index in [1.165, 1.54) is 0 Å². The van der Waals surface area contributed by atoms with Gasteiger partial charge in [-0.3, -0.25) is 9.59 Å². The molecular formula is C10H8N2O2. The molecule has 0 bridgehead atoms. The van der Waals surface area contributed by atoms with E-state index in [0.717, 1.165) is 11.1 Å². The van der Waals surface area contributed by atoms with Crippen LogP contribution in [0.5, 0.6) is 0 Å². The third-order valence-electron chi connectivity index (χ3n) is 2.30. The molecule has 2 rings (SSSR count). The Balaban J connectivity index is 2.93. The molecule has 0 atom stereocenters. The molecule has 0 N–H and O–H groups in total. The van der Waals surface area contributed by atoms with E-state index in [1.54, 1.807) is 6.07 Å². The maximum atomic E-state index is 11.0. The van der Waals surface area contributed by atoms with Crippen LogP contribution in [0.4, 0.5) is 0 Å². The van der Waals surface area contributed by atoms with Crippen molar-refractivity contribution < 1.29 is 9.59 Å². The van der Waals surface area contributed by atoms with Crippen LogP contribution in [-0.4, -0.2) is 11.8 Å². The molecule has 0 saturated carbocycles. The van der Waals surface area contributed by atoms with E-state index in [4.69, 9.17) is 0 Å². The van der Waals surface area contributed by atoms with Gasteiger partial charge in [0.15, 0.2) is 0 Å². The number of rotatable bonds is 0. The van der Waals surface area contributed by atoms with E-state index in [2.05, 4.69) is 9.98 Å². The molecule has 1 aromatic carbocycles. The quantitative estimate of drug-likeness (QED) is 0.520. The molecule has 0 saturated heterocycles. The largest absolute Gasteiger partial charge is 0.338 e. The Kier molecular flexibility index (Phi) is 1.77. The number of aryl methyl sites for hydroxylation is 1. The molecule has 0 unspecified atom stereocenters. The summed E-state index contributed by atoms with van der Waals surface area (Å²) in [5.41, 5.74) is 1.93. The first kappa shape index (κ1) is 8.74. The summed E-state index contributed by atoms with van der Waals surface area (Å²) in [5, 5.41) is 1.01. The minimum Gasteiger partial charge on any atom is -0.261 e. The lowest BCUT2D eigenvalue weighted by Crippen LogP contribution is -2.36. The van der Waals surface area contributed by atoms with E-state index in [9.17, 15) is 9.59 Å². The highest BCUT2D eigenvalue weighted by molar-refractivity contribution is 6.36. The zero-order valence-electron chi connectivity index (χ0n) is 7.87. The summed E-state index contributed by atoms with van der Waals surface area (Å²) in [6.45, 7) is 3.78. The van der Waals surface area contributed by atoms with Crippen LogP contribution in [0.3, 0.4) is 0 Å². The van der Waals surface area contributed by atoms with Crippen molar-refractivity contribution in [2.24, 2.45) is 9.98 Å². The van der Waals surface area contributed by atoms with Crippen LogP contribution in [0.15, 0.2) is 22.1 Å². The molecule has 0 radical (unpaired) electrons. The third-order valence-corrected chi connectivity index (χ3v) is 2.30. The standard InChI is InChI=1S/C10H8N2O2/c1-5-3-4-7-8(6(5)2)12-10(14)9(13)11-7/h3-4H,1-2H3. The summed E-state index contributed by atoms with van der Waals surface area (Å²) in [5.74, 6) is -1.58. The lowest BCUT2D eigenvalue weighted by atomic mass is 10.1. The van der Waals surface area contributed by atoms with E-state index in [-0.39, 0.29) is 0 Å². The van der Waals surface area contributed by atoms with Crippen molar-refractivity contribution in [1.29, 1.82) is 0 Å². The minimum absolute atomic E-state index is 0.484. The first-order valence-corrected chi connectivity index (χ1v) is 4.21. The first-order chi connectivity index (χ1) is 6.59. The fraction of sp³-hybridized carbons (Fsp3) is 0.200. The zero-order valence-corrected chi connectivity index (χ0v) is 7.87. The number of nitrogens with zero attached hydrogens (tertiary/aromatic N) is 2. The highest BCUT2D eigenvalue weighted by Crippen LogP contribution is 1.98. The first-order valence-electron chi connectivity index (χ1n) is 4.21. The van der Waals surface area contributed by atoms with Gasteiger partial charge in [-0.25, -0.2) is 9.98 Å². The number of fused-ring (bicyclic) bond motifs is 1. The van der Waals surface area contributed by atoms with Gasteiger partial charge in [0.2, 0.25) is 0 Å². The fourth-order valence-corrected chi connectivity index (χ4v) is 1.32. The Morgan fingerprint density at radius 1 is 1.00 bits per heavy atom. The maximum absolute atomic E-state index is 11.0. The molecule has 4 heteroatoms. The molecule has 14 heavy (non-hydrogen) atoms. The second-order valence-corrected chi connectivity index (χ2v) is 3.21. The number of hydrogen-bond donors (Lipinski definition) is 0. The van der Waals surface area contributed by atoms with Gasteiger partial charge in [-0.15, -0.1) is 0 Å². The van der Waals surface area contributed by atoms with Gasteiger partial charge in [0.1, 0.15) is 0 Å². The average molecular weight is 188 g/mol. The predicted molar refractivity (Wildman–Crippen MR) is 48.2 cm³/mol. The van der Waals surface area contributed by atoms with Crippen molar-refractivity contribution >= 4 is 11.8 Å². The van der Waals surface area contributed by atoms with Gasteiger partial charge in [0.05, 0.1) is 10.7 Å². The van der Waals surface area contributed by atoms with Gasteiger partial charge < -0.3 is 0 Å². The Morgan fingerprint density at radius 2 is 1.64 bits per heavy atom. The number of amides is 2. The van der Waals surface area contributed by atoms with E-state index in [1.807, 2.05) is 19.9 Å². The molecule has 2 amide bonds. The van der Waals surface area contributed by atoms with Crippen LogP contribution in [-0.2, 0) is 9.59 Å². The van der Waals surface area contributed by atoms with E-state index < -0.39 is 11.8 Å². The smallest absolute Gasteiger partial charge is 0.261 e. The maximum Gasteiger partial charge on any atom is 0.338 e. The number of carbonyl (C=O) groups excluding carboxylic acids is 2. The van der Waals surface area contributed by atoms with Crippen molar-refractivity contribution in [2.45, 2.75) is 13.8 Å². The van der Waals surface area contributed by atoms with E-state index in [0.29, 0.717) is 10.7 Å². The normalized spacial score (nSPS) is 14.4. The molecular weight excluding hydrogens is 180 g/mol. The summed E-state index contributed by atoms with van der Waals surface area (Å²) in [6, 6.07) is 3.56. The molecule has 1 heterocycles. The topological polar surface area (TPSA) is 58.9 Å². The van der Waals surface area contributed by atoms with Crippen LogP contribution in [0.25, 0.3) is 0 Å². The second-order valence-electron chi connectivity index (χ2n) is 3.21. The van der Waals surface area contributed by atoms with Gasteiger partial charge >= 0.3 is 11.8 Å². The number of carbonyl (C=O) groups is 2. The predicted octanol–water partition coefficient (Wildman–Crippen LogP) is -0.391. The zero-order chi connectivity index (χ0) is 10.3. The average Bonchev–Trinajstić information content (AvgIpc) is 2.15. The van der Waals surface area contributed by atoms with Crippen LogP contribution in [0.2, 0.25) is 0 Å². The molecule has 1 aromatic rings. The lowest BCUT2D eigenvalue weighted by molar-refractivity contribution is -0.135. The molecule has 1 aliphatic rings. The Morgan fingerprint density at radius 3 is 2.36 bits per heavy atom. The van der Waals surface area contributed by atoms with Gasteiger partial charge in [-0.05, 0) is 31.0 Å². The summed E-state index contributed by atoms with van der Waals surface area (Å²) in [7, 11) is 0. The van der Waals surface area contributed by atoms with Crippen molar-refractivity contribution in [3.05, 3.63) is 34.0 Å². The highest BCUT2D eigenvalue weighted by atomic mass is 16.2. The fourth-order valence-electron chi connectivity index (χ4n) is 1.32. The Labute approximate surface area is 80.0 Å². The van der Waals surface area contributed by atoms with Crippen LogP contribution in [0, 0.1) is 13.8 Å². The highest BCUT2D eigenvalue weighted by Gasteiger charge is 2.16. The van der Waals surface area contributed by atoms with Crippen molar-refractivity contribution in [1.82, 2.24) is 0 Å². The van der Waals surface area contributed by atoms with E-state index >= 15 is 0 Å². The molecule has 70 valence electrons. The van der Waals surface area contributed by atoms with Crippen LogP contribution in [0.1, 0.15) is 11.1 Å². The molecule has 0 aromatic heterocycles. The van der Waals surface area contributed by atoms with Crippen molar-refractivity contribution in [3.8, 4) is 0 Å². The Bertz CT molecular complexity index is 558. The van der Waals surface area contributed by atoms with Gasteiger partial charge in [-0.1, -0.05) is 6.07 Å². The molecule has 0 fully saturated rings. The monoisotopic (exact) mass is 188 g/mol. The molecule has 4 nitrogen and oxygen atoms in total. The summed E-state index contributed by atoms with van der Waals surface area (Å²) in [6.07, 6.45) is 0. The summed E-state index contributed by atoms with van der Waals surface area (Å²) in [4.78, 5) is 29.3. The van der Waals surface area contributed by atoms with Crippen LogP contribution < -0.4 is 10.7 Å². The molecule has 1 aliphatic heterocycles. The van der Waals surface area contributed by atoms with Crippen molar-refractivity contribution in [3.63, 3.8) is 0 Å². The van der Waals surface area contributed by atoms with Gasteiger partial charge in [0, 0.05) is 0 Å². The van der Waals surface area contributed by atoms with Gasteiger partial charge in [-0.2, -0.15) is 0 Å². The SMILES string of the molecule is Cc1ccc2c(c1C)=NC(=O)C(=O)N=2. The summed E-state index contributed by atoms with van der Waals surface area (Å²) >= 11 is 0. The molecule has 0 aliphatic carbocycles. The molecule has 0 spiro atoms. The second kappa shape index (κ2) is 2.83. The van der Waals surface area contributed by atoms with Crippen molar-refractivity contribution in [2.75, 3.05) is 0 Å².